The Bertz CT molecular complexity index is 740. The van der Waals surface area contributed by atoms with E-state index in [1.165, 1.54) is 17.0 Å². The molecule has 0 spiro atoms. The number of hydrogen-bond donors (Lipinski definition) is 0. The van der Waals surface area contributed by atoms with Gasteiger partial charge in [0.05, 0.1) is 17.4 Å². The molecule has 1 aromatic heterocycles. The fourth-order valence-electron chi connectivity index (χ4n) is 2.76. The summed E-state index contributed by atoms with van der Waals surface area (Å²) in [7, 11) is 0. The molecule has 1 amide bonds. The summed E-state index contributed by atoms with van der Waals surface area (Å²) >= 11 is 0. The van der Waals surface area contributed by atoms with E-state index in [1.54, 1.807) is 18.5 Å². The first kappa shape index (κ1) is 14.6. The summed E-state index contributed by atoms with van der Waals surface area (Å²) in [5.41, 5.74) is 0.970. The van der Waals surface area contributed by atoms with E-state index in [9.17, 15) is 18.0 Å². The van der Waals surface area contributed by atoms with E-state index >= 15 is 0 Å². The molecule has 3 nitrogen and oxygen atoms in total. The lowest BCUT2D eigenvalue weighted by Crippen LogP contribution is -2.39. The number of aromatic nitrogens is 1. The third-order valence-corrected chi connectivity index (χ3v) is 3.84. The predicted octanol–water partition coefficient (Wildman–Crippen LogP) is 3.61. The molecule has 6 heteroatoms. The lowest BCUT2D eigenvalue weighted by Gasteiger charge is -2.30. The maximum Gasteiger partial charge on any atom is 0.416 e. The molecule has 114 valence electrons. The SMILES string of the molecule is Cc1ccncc1N1CCc2c(cccc2C(F)(F)F)C1=O. The number of carbonyl (C=O) groups is 1. The van der Waals surface area contributed by atoms with Crippen LogP contribution < -0.4 is 4.90 Å². The molecule has 2 heterocycles. The molecule has 0 saturated carbocycles. The molecule has 22 heavy (non-hydrogen) atoms. The van der Waals surface area contributed by atoms with Crippen LogP contribution in [0.4, 0.5) is 18.9 Å². The maximum atomic E-state index is 13.1. The van der Waals surface area contributed by atoms with Gasteiger partial charge in [0, 0.05) is 18.3 Å². The predicted molar refractivity (Wildman–Crippen MR) is 75.8 cm³/mol. The van der Waals surface area contributed by atoms with Crippen molar-refractivity contribution >= 4 is 11.6 Å². The maximum absolute atomic E-state index is 13.1. The number of halogens is 3. The largest absolute Gasteiger partial charge is 0.416 e. The highest BCUT2D eigenvalue weighted by atomic mass is 19.4. The summed E-state index contributed by atoms with van der Waals surface area (Å²) in [5, 5.41) is 0. The smallest absolute Gasteiger partial charge is 0.306 e. The third kappa shape index (κ3) is 2.34. The van der Waals surface area contributed by atoms with Crippen LogP contribution in [-0.2, 0) is 12.6 Å². The second-order valence-electron chi connectivity index (χ2n) is 5.20. The number of carbonyl (C=O) groups excluding carboxylic acids is 1. The molecular weight excluding hydrogens is 293 g/mol. The average molecular weight is 306 g/mol. The number of pyridine rings is 1. The Kier molecular flexibility index (Phi) is 3.39. The number of fused-ring (bicyclic) bond motifs is 1. The Morgan fingerprint density at radius 3 is 2.68 bits per heavy atom. The van der Waals surface area contributed by atoms with Gasteiger partial charge in [-0.15, -0.1) is 0 Å². The van der Waals surface area contributed by atoms with Crippen LogP contribution in [0.5, 0.6) is 0 Å². The van der Waals surface area contributed by atoms with Crippen LogP contribution in [0.15, 0.2) is 36.7 Å². The van der Waals surface area contributed by atoms with Crippen molar-refractivity contribution in [3.05, 3.63) is 58.9 Å². The van der Waals surface area contributed by atoms with Crippen LogP contribution in [0.25, 0.3) is 0 Å². The Morgan fingerprint density at radius 1 is 1.23 bits per heavy atom. The molecule has 1 aliphatic heterocycles. The highest BCUT2D eigenvalue weighted by Gasteiger charge is 2.37. The summed E-state index contributed by atoms with van der Waals surface area (Å²) in [5.74, 6) is -0.413. The van der Waals surface area contributed by atoms with Gasteiger partial charge in [-0.25, -0.2) is 0 Å². The van der Waals surface area contributed by atoms with E-state index in [2.05, 4.69) is 4.98 Å². The first-order chi connectivity index (χ1) is 10.4. The minimum atomic E-state index is -4.45. The van der Waals surface area contributed by atoms with Crippen molar-refractivity contribution in [3.63, 3.8) is 0 Å². The van der Waals surface area contributed by atoms with Gasteiger partial charge in [-0.05, 0) is 42.7 Å². The quantitative estimate of drug-likeness (QED) is 0.806. The van der Waals surface area contributed by atoms with Gasteiger partial charge < -0.3 is 4.90 Å². The topological polar surface area (TPSA) is 33.2 Å². The molecule has 0 N–H and O–H groups in total. The van der Waals surface area contributed by atoms with E-state index < -0.39 is 17.6 Å². The summed E-state index contributed by atoms with van der Waals surface area (Å²) in [6.07, 6.45) is -1.10. The first-order valence-corrected chi connectivity index (χ1v) is 6.81. The van der Waals surface area contributed by atoms with E-state index in [0.717, 1.165) is 11.6 Å². The first-order valence-electron chi connectivity index (χ1n) is 6.81. The Morgan fingerprint density at radius 2 is 2.00 bits per heavy atom. The lowest BCUT2D eigenvalue weighted by molar-refractivity contribution is -0.138. The minimum absolute atomic E-state index is 0.0813. The Labute approximate surface area is 125 Å². The van der Waals surface area contributed by atoms with Gasteiger partial charge in [-0.3, -0.25) is 9.78 Å². The van der Waals surface area contributed by atoms with Crippen LogP contribution in [0, 0.1) is 6.92 Å². The van der Waals surface area contributed by atoms with Gasteiger partial charge in [0.1, 0.15) is 0 Å². The number of aryl methyl sites for hydroxylation is 1. The highest BCUT2D eigenvalue weighted by molar-refractivity contribution is 6.08. The number of hydrogen-bond acceptors (Lipinski definition) is 2. The lowest BCUT2D eigenvalue weighted by atomic mass is 9.93. The van der Waals surface area contributed by atoms with Gasteiger partial charge in [-0.2, -0.15) is 13.2 Å². The van der Waals surface area contributed by atoms with E-state index in [0.29, 0.717) is 5.69 Å². The zero-order chi connectivity index (χ0) is 15.9. The summed E-state index contributed by atoms with van der Waals surface area (Å²) in [4.78, 5) is 18.1. The van der Waals surface area contributed by atoms with Crippen LogP contribution in [0.1, 0.15) is 27.0 Å². The van der Waals surface area contributed by atoms with E-state index in [1.807, 2.05) is 6.92 Å². The number of anilines is 1. The van der Waals surface area contributed by atoms with Crippen molar-refractivity contribution in [2.75, 3.05) is 11.4 Å². The summed E-state index contributed by atoms with van der Waals surface area (Å²) in [6, 6.07) is 5.52. The molecule has 0 unspecified atom stereocenters. The summed E-state index contributed by atoms with van der Waals surface area (Å²) < 4.78 is 39.2. The number of alkyl halides is 3. The van der Waals surface area contributed by atoms with E-state index in [-0.39, 0.29) is 24.1 Å². The zero-order valence-corrected chi connectivity index (χ0v) is 11.8. The molecule has 0 bridgehead atoms. The van der Waals surface area contributed by atoms with Crippen molar-refractivity contribution < 1.29 is 18.0 Å². The second kappa shape index (κ2) is 5.12. The Balaban J connectivity index is 2.06. The molecule has 2 aromatic rings. The normalized spacial score (nSPS) is 14.9. The summed E-state index contributed by atoms with van der Waals surface area (Å²) in [6.45, 7) is 2.05. The molecule has 0 radical (unpaired) electrons. The van der Waals surface area contributed by atoms with Crippen LogP contribution in [0.2, 0.25) is 0 Å². The second-order valence-corrected chi connectivity index (χ2v) is 5.20. The zero-order valence-electron chi connectivity index (χ0n) is 11.8. The molecule has 0 aliphatic carbocycles. The van der Waals surface area contributed by atoms with Gasteiger partial charge in [-0.1, -0.05) is 6.07 Å². The number of rotatable bonds is 1. The molecule has 0 saturated heterocycles. The number of nitrogens with zero attached hydrogens (tertiary/aromatic N) is 2. The van der Waals surface area contributed by atoms with Crippen molar-refractivity contribution in [1.82, 2.24) is 4.98 Å². The molecule has 1 aromatic carbocycles. The van der Waals surface area contributed by atoms with Crippen LogP contribution in [0.3, 0.4) is 0 Å². The Hall–Kier alpha value is -2.37. The van der Waals surface area contributed by atoms with Crippen LogP contribution in [-0.4, -0.2) is 17.4 Å². The highest BCUT2D eigenvalue weighted by Crippen LogP contribution is 2.36. The monoisotopic (exact) mass is 306 g/mol. The third-order valence-electron chi connectivity index (χ3n) is 3.84. The number of benzene rings is 1. The van der Waals surface area contributed by atoms with Crippen molar-refractivity contribution in [3.8, 4) is 0 Å². The number of amides is 1. The molecule has 0 atom stereocenters. The molecular formula is C16H13F3N2O. The van der Waals surface area contributed by atoms with Crippen molar-refractivity contribution in [1.29, 1.82) is 0 Å². The average Bonchev–Trinajstić information content (AvgIpc) is 2.47. The fraction of sp³-hybridized carbons (Fsp3) is 0.250. The molecule has 0 fully saturated rings. The van der Waals surface area contributed by atoms with Gasteiger partial charge >= 0.3 is 6.18 Å². The van der Waals surface area contributed by atoms with Gasteiger partial charge in [0.2, 0.25) is 0 Å². The molecule has 1 aliphatic rings. The molecule has 3 rings (SSSR count). The minimum Gasteiger partial charge on any atom is -0.306 e. The van der Waals surface area contributed by atoms with E-state index in [4.69, 9.17) is 0 Å². The van der Waals surface area contributed by atoms with Gasteiger partial charge in [0.15, 0.2) is 0 Å². The van der Waals surface area contributed by atoms with Crippen LogP contribution >= 0.6 is 0 Å². The van der Waals surface area contributed by atoms with Gasteiger partial charge in [0.25, 0.3) is 5.91 Å². The standard InChI is InChI=1S/C16H13F3N2O/c1-10-5-7-20-9-14(10)21-8-6-11-12(15(21)22)3-2-4-13(11)16(17,18)19/h2-5,7,9H,6,8H2,1H3. The fourth-order valence-corrected chi connectivity index (χ4v) is 2.76. The van der Waals surface area contributed by atoms with Crippen molar-refractivity contribution in [2.45, 2.75) is 19.5 Å². The van der Waals surface area contributed by atoms with Crippen molar-refractivity contribution in [2.24, 2.45) is 0 Å².